The van der Waals surface area contributed by atoms with Crippen LogP contribution in [0.15, 0.2) is 18.2 Å². The molecule has 0 atom stereocenters. The highest BCUT2D eigenvalue weighted by Gasteiger charge is 2.13. The molecule has 1 aromatic carbocycles. The summed E-state index contributed by atoms with van der Waals surface area (Å²) in [5.41, 5.74) is 3.72. The van der Waals surface area contributed by atoms with E-state index in [1.54, 1.807) is 0 Å². The average Bonchev–Trinajstić information content (AvgIpc) is 2.90. The molecule has 0 aliphatic carbocycles. The van der Waals surface area contributed by atoms with Gasteiger partial charge in [0.2, 0.25) is 0 Å². The van der Waals surface area contributed by atoms with E-state index in [0.29, 0.717) is 12.3 Å². The van der Waals surface area contributed by atoms with Gasteiger partial charge in [-0.25, -0.2) is 4.68 Å². The molecule has 0 aliphatic rings. The number of aliphatic hydroxyl groups excluding tert-OH is 1. The minimum atomic E-state index is -0.112. The van der Waals surface area contributed by atoms with Crippen molar-refractivity contribution in [1.82, 2.24) is 15.0 Å². The Balaban J connectivity index is 2.10. The number of benzene rings is 1. The van der Waals surface area contributed by atoms with Gasteiger partial charge in [-0.05, 0) is 37.5 Å². The second-order valence-electron chi connectivity index (χ2n) is 5.63. The maximum Gasteiger partial charge on any atom is 0.132 e. The Kier molecular flexibility index (Phi) is 5.95. The number of nitrogens with zero attached hydrogens (tertiary/aromatic N) is 3. The second kappa shape index (κ2) is 7.94. The molecule has 0 radical (unpaired) electrons. The summed E-state index contributed by atoms with van der Waals surface area (Å²) in [5, 5.41) is 17.6. The summed E-state index contributed by atoms with van der Waals surface area (Å²) in [4.78, 5) is 0. The van der Waals surface area contributed by atoms with Crippen LogP contribution in [-0.2, 0) is 19.8 Å². The van der Waals surface area contributed by atoms with Crippen molar-refractivity contribution in [3.63, 3.8) is 0 Å². The van der Waals surface area contributed by atoms with Crippen LogP contribution in [0.5, 0.6) is 5.75 Å². The Morgan fingerprint density at radius 1 is 1.23 bits per heavy atom. The molecule has 0 saturated carbocycles. The molecule has 1 aromatic heterocycles. The zero-order valence-corrected chi connectivity index (χ0v) is 13.7. The SMILES string of the molecule is CCCCCn1nnc(CO)c1COc1cc(C)ccc1C. The fraction of sp³-hybridized carbons (Fsp3) is 0.529. The monoisotopic (exact) mass is 303 g/mol. The Bertz CT molecular complexity index is 608. The Hall–Kier alpha value is -1.88. The number of rotatable bonds is 8. The van der Waals surface area contributed by atoms with Crippen molar-refractivity contribution in [2.24, 2.45) is 0 Å². The van der Waals surface area contributed by atoms with E-state index in [-0.39, 0.29) is 6.61 Å². The van der Waals surface area contributed by atoms with Crippen LogP contribution in [0.2, 0.25) is 0 Å². The Labute approximate surface area is 131 Å². The van der Waals surface area contributed by atoms with Gasteiger partial charge < -0.3 is 9.84 Å². The third-order valence-electron chi connectivity index (χ3n) is 3.75. The fourth-order valence-corrected chi connectivity index (χ4v) is 2.35. The zero-order valence-electron chi connectivity index (χ0n) is 13.7. The normalized spacial score (nSPS) is 10.9. The lowest BCUT2D eigenvalue weighted by Gasteiger charge is -2.12. The van der Waals surface area contributed by atoms with Crippen molar-refractivity contribution in [2.75, 3.05) is 0 Å². The summed E-state index contributed by atoms with van der Waals surface area (Å²) >= 11 is 0. The molecule has 2 aromatic rings. The molecule has 0 fully saturated rings. The third kappa shape index (κ3) is 4.07. The average molecular weight is 303 g/mol. The first-order valence-corrected chi connectivity index (χ1v) is 7.87. The first-order valence-electron chi connectivity index (χ1n) is 7.87. The predicted octanol–water partition coefficient (Wildman–Crippen LogP) is 3.16. The van der Waals surface area contributed by atoms with Crippen molar-refractivity contribution in [3.05, 3.63) is 40.7 Å². The van der Waals surface area contributed by atoms with Crippen molar-refractivity contribution in [3.8, 4) is 5.75 Å². The van der Waals surface area contributed by atoms with E-state index in [0.717, 1.165) is 48.4 Å². The fourth-order valence-electron chi connectivity index (χ4n) is 2.35. The highest BCUT2D eigenvalue weighted by atomic mass is 16.5. The van der Waals surface area contributed by atoms with Crippen LogP contribution < -0.4 is 4.74 Å². The molecule has 2 rings (SSSR count). The highest BCUT2D eigenvalue weighted by Crippen LogP contribution is 2.21. The third-order valence-corrected chi connectivity index (χ3v) is 3.75. The number of hydrogen-bond donors (Lipinski definition) is 1. The summed E-state index contributed by atoms with van der Waals surface area (Å²) in [6, 6.07) is 6.14. The quantitative estimate of drug-likeness (QED) is 0.761. The molecule has 5 nitrogen and oxygen atoms in total. The van der Waals surface area contributed by atoms with E-state index in [1.165, 1.54) is 0 Å². The van der Waals surface area contributed by atoms with E-state index < -0.39 is 0 Å². The number of hydrogen-bond acceptors (Lipinski definition) is 4. The number of ether oxygens (including phenoxy) is 1. The number of aryl methyl sites for hydroxylation is 3. The van der Waals surface area contributed by atoms with Gasteiger partial charge in [-0.1, -0.05) is 37.1 Å². The second-order valence-corrected chi connectivity index (χ2v) is 5.63. The van der Waals surface area contributed by atoms with Crippen LogP contribution in [-0.4, -0.2) is 20.1 Å². The number of aromatic nitrogens is 3. The topological polar surface area (TPSA) is 60.2 Å². The molecule has 1 N–H and O–H groups in total. The van der Waals surface area contributed by atoms with Crippen molar-refractivity contribution < 1.29 is 9.84 Å². The molecule has 120 valence electrons. The first kappa shape index (κ1) is 16.5. The van der Waals surface area contributed by atoms with E-state index in [4.69, 9.17) is 4.74 Å². The maximum absolute atomic E-state index is 9.43. The standard InChI is InChI=1S/C17H25N3O2/c1-4-5-6-9-20-16(15(11-21)18-19-20)12-22-17-10-13(2)7-8-14(17)3/h7-8,10,21H,4-6,9,11-12H2,1-3H3. The molecule has 0 unspecified atom stereocenters. The van der Waals surface area contributed by atoms with Gasteiger partial charge >= 0.3 is 0 Å². The van der Waals surface area contributed by atoms with Gasteiger partial charge in [0.05, 0.1) is 6.61 Å². The van der Waals surface area contributed by atoms with Crippen LogP contribution >= 0.6 is 0 Å². The summed E-state index contributed by atoms with van der Waals surface area (Å²) in [5.74, 6) is 0.866. The molecule has 0 spiro atoms. The number of aliphatic hydroxyl groups is 1. The Morgan fingerprint density at radius 2 is 2.05 bits per heavy atom. The van der Waals surface area contributed by atoms with Crippen LogP contribution in [0.1, 0.15) is 48.7 Å². The lowest BCUT2D eigenvalue weighted by molar-refractivity contribution is 0.260. The maximum atomic E-state index is 9.43. The van der Waals surface area contributed by atoms with E-state index >= 15 is 0 Å². The Morgan fingerprint density at radius 3 is 2.77 bits per heavy atom. The molecule has 5 heteroatoms. The van der Waals surface area contributed by atoms with Crippen LogP contribution in [0.25, 0.3) is 0 Å². The largest absolute Gasteiger partial charge is 0.487 e. The molecule has 0 saturated heterocycles. The molecule has 0 amide bonds. The zero-order chi connectivity index (χ0) is 15.9. The van der Waals surface area contributed by atoms with Gasteiger partial charge in [0.25, 0.3) is 0 Å². The molecule has 1 heterocycles. The van der Waals surface area contributed by atoms with Crippen molar-refractivity contribution in [2.45, 2.75) is 59.8 Å². The van der Waals surface area contributed by atoms with E-state index in [9.17, 15) is 5.11 Å². The van der Waals surface area contributed by atoms with Crippen LogP contribution in [0.4, 0.5) is 0 Å². The molecular weight excluding hydrogens is 278 g/mol. The summed E-state index contributed by atoms with van der Waals surface area (Å²) in [6.45, 7) is 7.32. The molecular formula is C17H25N3O2. The van der Waals surface area contributed by atoms with Crippen LogP contribution in [0.3, 0.4) is 0 Å². The predicted molar refractivity (Wildman–Crippen MR) is 85.7 cm³/mol. The minimum absolute atomic E-state index is 0.112. The van der Waals surface area contributed by atoms with E-state index in [1.807, 2.05) is 24.6 Å². The number of unbranched alkanes of at least 4 members (excludes halogenated alkanes) is 2. The molecule has 0 bridgehead atoms. The molecule has 22 heavy (non-hydrogen) atoms. The lowest BCUT2D eigenvalue weighted by Crippen LogP contribution is -2.10. The lowest BCUT2D eigenvalue weighted by atomic mass is 10.1. The van der Waals surface area contributed by atoms with Gasteiger partial charge in [-0.2, -0.15) is 0 Å². The highest BCUT2D eigenvalue weighted by molar-refractivity contribution is 5.36. The minimum Gasteiger partial charge on any atom is -0.487 e. The van der Waals surface area contributed by atoms with Crippen LogP contribution in [0, 0.1) is 13.8 Å². The van der Waals surface area contributed by atoms with Crippen molar-refractivity contribution >= 4 is 0 Å². The van der Waals surface area contributed by atoms with Gasteiger partial charge in [0, 0.05) is 6.54 Å². The van der Waals surface area contributed by atoms with Crippen molar-refractivity contribution in [1.29, 1.82) is 0 Å². The summed E-state index contributed by atoms with van der Waals surface area (Å²) in [6.07, 6.45) is 3.38. The summed E-state index contributed by atoms with van der Waals surface area (Å²) in [7, 11) is 0. The van der Waals surface area contributed by atoms with Gasteiger partial charge in [0.15, 0.2) is 0 Å². The molecule has 0 aliphatic heterocycles. The van der Waals surface area contributed by atoms with Gasteiger partial charge in [-0.15, -0.1) is 5.10 Å². The summed E-state index contributed by atoms with van der Waals surface area (Å²) < 4.78 is 7.79. The van der Waals surface area contributed by atoms with Gasteiger partial charge in [-0.3, -0.25) is 0 Å². The van der Waals surface area contributed by atoms with Gasteiger partial charge in [0.1, 0.15) is 23.7 Å². The van der Waals surface area contributed by atoms with E-state index in [2.05, 4.69) is 29.4 Å². The first-order chi connectivity index (χ1) is 10.7. The smallest absolute Gasteiger partial charge is 0.132 e.